The lowest BCUT2D eigenvalue weighted by atomic mass is 10.1. The summed E-state index contributed by atoms with van der Waals surface area (Å²) in [4.78, 5) is 38.7. The van der Waals surface area contributed by atoms with Gasteiger partial charge in [-0.3, -0.25) is 19.8 Å². The summed E-state index contributed by atoms with van der Waals surface area (Å²) >= 11 is 8.68. The zero-order chi connectivity index (χ0) is 28.1. The number of anilines is 1. The highest BCUT2D eigenvalue weighted by Gasteiger charge is 2.35. The zero-order valence-electron chi connectivity index (χ0n) is 20.4. The first-order valence-electron chi connectivity index (χ1n) is 11.6. The molecule has 0 aromatic heterocycles. The normalized spacial score (nSPS) is 14.1. The number of halogens is 1. The number of nitrogens with one attached hydrogen (secondary N) is 1. The highest BCUT2D eigenvalue weighted by molar-refractivity contribution is 9.10. The molecule has 0 aliphatic carbocycles. The first-order chi connectivity index (χ1) is 18.7. The number of benzene rings is 3. The summed E-state index contributed by atoms with van der Waals surface area (Å²) in [6.07, 6.45) is 1.38. The number of ether oxygens (including phenoxy) is 2. The lowest BCUT2D eigenvalue weighted by molar-refractivity contribution is -0.122. The van der Waals surface area contributed by atoms with E-state index in [0.29, 0.717) is 39.3 Å². The van der Waals surface area contributed by atoms with Crippen molar-refractivity contribution < 1.29 is 29.0 Å². The number of carbonyl (C=O) groups excluding carboxylic acids is 2. The van der Waals surface area contributed by atoms with Gasteiger partial charge in [0.05, 0.1) is 29.5 Å². The molecule has 0 spiro atoms. The van der Waals surface area contributed by atoms with Crippen molar-refractivity contribution in [2.45, 2.75) is 13.5 Å². The Morgan fingerprint density at radius 2 is 1.87 bits per heavy atom. The Morgan fingerprint density at radius 1 is 1.13 bits per heavy atom. The van der Waals surface area contributed by atoms with Gasteiger partial charge in [0, 0.05) is 10.0 Å². The maximum Gasteiger partial charge on any atom is 0.335 e. The van der Waals surface area contributed by atoms with Gasteiger partial charge in [0.2, 0.25) is 0 Å². The van der Waals surface area contributed by atoms with Crippen LogP contribution >= 0.6 is 28.1 Å². The molecule has 0 unspecified atom stereocenters. The van der Waals surface area contributed by atoms with Crippen LogP contribution in [0.5, 0.6) is 11.5 Å². The molecular weight excluding hydrogens is 586 g/mol. The predicted octanol–water partition coefficient (Wildman–Crippen LogP) is 4.83. The predicted molar refractivity (Wildman–Crippen MR) is 150 cm³/mol. The van der Waals surface area contributed by atoms with E-state index in [9.17, 15) is 24.8 Å². The lowest BCUT2D eigenvalue weighted by Crippen LogP contribution is -2.54. The number of thiocarbonyl (C=S) groups is 1. The maximum absolute atomic E-state index is 13.4. The third-order valence-electron chi connectivity index (χ3n) is 5.64. The van der Waals surface area contributed by atoms with Crippen LogP contribution in [0.25, 0.3) is 6.08 Å². The van der Waals surface area contributed by atoms with Gasteiger partial charge in [0.1, 0.15) is 12.2 Å². The standard InChI is InChI=1S/C28H20BrN3O6S/c1-2-37-23-12-19(22(29)13-24(23)38-15-18-7-4-3-6-17(18)14-30)11-21-25(33)31-28(39)32(26(21)34)20-9-5-8-16(10-20)27(35)36/h3-13H,2,15H2,1H3,(H,35,36)(H,31,33,39). The van der Waals surface area contributed by atoms with E-state index >= 15 is 0 Å². The molecule has 4 rings (SSSR count). The van der Waals surface area contributed by atoms with Crippen LogP contribution in [0.2, 0.25) is 0 Å². The lowest BCUT2D eigenvalue weighted by Gasteiger charge is -2.29. The van der Waals surface area contributed by atoms with E-state index in [1.165, 1.54) is 30.3 Å². The number of aromatic carboxylic acids is 1. The summed E-state index contributed by atoms with van der Waals surface area (Å²) < 4.78 is 12.2. The van der Waals surface area contributed by atoms with Gasteiger partial charge in [-0.25, -0.2) is 4.79 Å². The van der Waals surface area contributed by atoms with Crippen LogP contribution in [0.4, 0.5) is 5.69 Å². The van der Waals surface area contributed by atoms with Gasteiger partial charge in [0.15, 0.2) is 16.6 Å². The molecule has 1 fully saturated rings. The van der Waals surface area contributed by atoms with E-state index in [1.807, 2.05) is 6.07 Å². The molecule has 1 aliphatic heterocycles. The van der Waals surface area contributed by atoms with Crippen molar-refractivity contribution >= 4 is 62.8 Å². The number of amides is 2. The van der Waals surface area contributed by atoms with Crippen molar-refractivity contribution in [2.24, 2.45) is 0 Å². The Morgan fingerprint density at radius 3 is 2.59 bits per heavy atom. The van der Waals surface area contributed by atoms with E-state index in [4.69, 9.17) is 21.7 Å². The van der Waals surface area contributed by atoms with Crippen LogP contribution in [0.15, 0.2) is 70.7 Å². The number of hydrogen-bond acceptors (Lipinski definition) is 7. The molecule has 0 radical (unpaired) electrons. The number of carboxylic acid groups (broad SMARTS) is 1. The summed E-state index contributed by atoms with van der Waals surface area (Å²) in [6, 6.07) is 18.2. The van der Waals surface area contributed by atoms with E-state index in [0.717, 1.165) is 4.90 Å². The number of hydrogen-bond donors (Lipinski definition) is 2. The maximum atomic E-state index is 13.4. The van der Waals surface area contributed by atoms with Gasteiger partial charge >= 0.3 is 5.97 Å². The van der Waals surface area contributed by atoms with Gasteiger partial charge < -0.3 is 14.6 Å². The average Bonchev–Trinajstić information content (AvgIpc) is 2.91. The van der Waals surface area contributed by atoms with E-state index in [1.54, 1.807) is 37.3 Å². The van der Waals surface area contributed by atoms with Crippen molar-refractivity contribution in [3.05, 3.63) is 93.0 Å². The number of carbonyl (C=O) groups is 3. The summed E-state index contributed by atoms with van der Waals surface area (Å²) in [5.41, 5.74) is 1.60. The molecule has 3 aromatic carbocycles. The van der Waals surface area contributed by atoms with Crippen molar-refractivity contribution in [3.8, 4) is 17.6 Å². The van der Waals surface area contributed by atoms with Crippen LogP contribution in [0, 0.1) is 11.3 Å². The van der Waals surface area contributed by atoms with Gasteiger partial charge in [0.25, 0.3) is 11.8 Å². The first-order valence-corrected chi connectivity index (χ1v) is 12.8. The Labute approximate surface area is 237 Å². The van der Waals surface area contributed by atoms with Crippen molar-refractivity contribution in [1.82, 2.24) is 5.32 Å². The van der Waals surface area contributed by atoms with E-state index in [2.05, 4.69) is 27.3 Å². The highest BCUT2D eigenvalue weighted by Crippen LogP contribution is 2.36. The van der Waals surface area contributed by atoms with E-state index < -0.39 is 17.8 Å². The molecule has 2 amide bonds. The molecule has 1 saturated heterocycles. The van der Waals surface area contributed by atoms with Gasteiger partial charge in [-0.2, -0.15) is 5.26 Å². The molecule has 0 atom stereocenters. The third kappa shape index (κ3) is 5.98. The summed E-state index contributed by atoms with van der Waals surface area (Å²) in [5, 5.41) is 21.0. The van der Waals surface area contributed by atoms with Crippen LogP contribution in [0.1, 0.15) is 34.0 Å². The second-order valence-corrected chi connectivity index (χ2v) is 9.37. The SMILES string of the molecule is CCOc1cc(C=C2C(=O)NC(=S)N(c3cccc(C(=O)O)c3)C2=O)c(Br)cc1OCc1ccccc1C#N. The minimum Gasteiger partial charge on any atom is -0.490 e. The number of rotatable bonds is 8. The van der Waals surface area contributed by atoms with Gasteiger partial charge in [-0.05, 0) is 67.2 Å². The minimum atomic E-state index is -1.17. The fourth-order valence-corrected chi connectivity index (χ4v) is 4.50. The summed E-state index contributed by atoms with van der Waals surface area (Å²) in [6.45, 7) is 2.25. The Kier molecular flexibility index (Phi) is 8.39. The minimum absolute atomic E-state index is 0.0392. The molecular formula is C28H20BrN3O6S. The summed E-state index contributed by atoms with van der Waals surface area (Å²) in [5.74, 6) is -1.82. The molecule has 39 heavy (non-hydrogen) atoms. The largest absolute Gasteiger partial charge is 0.490 e. The topological polar surface area (TPSA) is 129 Å². The van der Waals surface area contributed by atoms with Crippen molar-refractivity contribution in [2.75, 3.05) is 11.5 Å². The Bertz CT molecular complexity index is 1580. The molecule has 2 N–H and O–H groups in total. The average molecular weight is 606 g/mol. The molecule has 1 heterocycles. The molecule has 0 saturated carbocycles. The van der Waals surface area contributed by atoms with Gasteiger partial charge in [-0.15, -0.1) is 0 Å². The third-order valence-corrected chi connectivity index (χ3v) is 6.61. The molecule has 0 bridgehead atoms. The number of carboxylic acids is 1. The van der Waals surface area contributed by atoms with Crippen LogP contribution < -0.4 is 19.7 Å². The summed E-state index contributed by atoms with van der Waals surface area (Å²) in [7, 11) is 0. The van der Waals surface area contributed by atoms with Crippen molar-refractivity contribution in [1.29, 1.82) is 5.26 Å². The number of nitriles is 1. The molecule has 196 valence electrons. The zero-order valence-corrected chi connectivity index (χ0v) is 22.8. The fourth-order valence-electron chi connectivity index (χ4n) is 3.78. The second-order valence-electron chi connectivity index (χ2n) is 8.12. The van der Waals surface area contributed by atoms with Crippen LogP contribution in [-0.2, 0) is 16.2 Å². The van der Waals surface area contributed by atoms with Crippen LogP contribution in [0.3, 0.4) is 0 Å². The Hall–Kier alpha value is -4.53. The fraction of sp³-hybridized carbons (Fsp3) is 0.107. The highest BCUT2D eigenvalue weighted by atomic mass is 79.9. The molecule has 1 aliphatic rings. The van der Waals surface area contributed by atoms with Gasteiger partial charge in [-0.1, -0.05) is 40.2 Å². The monoisotopic (exact) mass is 605 g/mol. The Balaban J connectivity index is 1.68. The molecule has 9 nitrogen and oxygen atoms in total. The van der Waals surface area contributed by atoms with Crippen molar-refractivity contribution in [3.63, 3.8) is 0 Å². The molecule has 11 heteroatoms. The first kappa shape index (κ1) is 27.5. The second kappa shape index (κ2) is 11.9. The quantitative estimate of drug-likeness (QED) is 0.212. The van der Waals surface area contributed by atoms with E-state index in [-0.39, 0.29) is 28.5 Å². The van der Waals surface area contributed by atoms with Crippen LogP contribution in [-0.4, -0.2) is 34.6 Å². The smallest absolute Gasteiger partial charge is 0.335 e. The molecule has 3 aromatic rings. The number of nitrogens with zero attached hydrogens (tertiary/aromatic N) is 2.